The lowest BCUT2D eigenvalue weighted by Gasteiger charge is -2.39. The third kappa shape index (κ3) is 2.97. The number of nitrogens with one attached hydrogen (secondary N) is 2. The molecule has 5 heteroatoms. The average Bonchev–Trinajstić information content (AvgIpc) is 2.61. The van der Waals surface area contributed by atoms with Crippen LogP contribution in [0, 0.1) is 5.41 Å². The first-order chi connectivity index (χ1) is 7.67. The van der Waals surface area contributed by atoms with E-state index in [1.54, 1.807) is 13.8 Å². The zero-order chi connectivity index (χ0) is 13.3. The van der Waals surface area contributed by atoms with E-state index in [-0.39, 0.29) is 11.9 Å². The molecule has 0 radical (unpaired) electrons. The highest BCUT2D eigenvalue weighted by Crippen LogP contribution is 2.30. The molecule has 1 aliphatic heterocycles. The van der Waals surface area contributed by atoms with E-state index < -0.39 is 16.9 Å². The van der Waals surface area contributed by atoms with Gasteiger partial charge in [0.25, 0.3) is 0 Å². The van der Waals surface area contributed by atoms with Crippen molar-refractivity contribution < 1.29 is 14.7 Å². The summed E-state index contributed by atoms with van der Waals surface area (Å²) in [7, 11) is 0. The summed E-state index contributed by atoms with van der Waals surface area (Å²) < 4.78 is 0. The minimum atomic E-state index is -0.865. The zero-order valence-corrected chi connectivity index (χ0v) is 11.0. The smallest absolute Gasteiger partial charge is 0.310 e. The van der Waals surface area contributed by atoms with Crippen LogP contribution in [-0.2, 0) is 9.59 Å². The van der Waals surface area contributed by atoms with Gasteiger partial charge in [-0.05, 0) is 34.1 Å². The topological polar surface area (TPSA) is 78.4 Å². The second kappa shape index (κ2) is 4.64. The fourth-order valence-corrected chi connectivity index (χ4v) is 1.70. The monoisotopic (exact) mass is 242 g/mol. The van der Waals surface area contributed by atoms with Crippen molar-refractivity contribution >= 4 is 11.9 Å². The third-order valence-corrected chi connectivity index (χ3v) is 3.97. The molecule has 0 bridgehead atoms. The molecule has 1 saturated heterocycles. The van der Waals surface area contributed by atoms with E-state index in [1.165, 1.54) is 0 Å². The van der Waals surface area contributed by atoms with Crippen LogP contribution < -0.4 is 10.6 Å². The Morgan fingerprint density at radius 2 is 2.06 bits per heavy atom. The molecular weight excluding hydrogens is 220 g/mol. The molecule has 1 aliphatic rings. The molecule has 5 nitrogen and oxygen atoms in total. The maximum Gasteiger partial charge on any atom is 0.310 e. The molecule has 0 aromatic heterocycles. The minimum Gasteiger partial charge on any atom is -0.481 e. The first kappa shape index (κ1) is 14.0. The fraction of sp³-hybridized carbons (Fsp3) is 0.833. The SMILES string of the molecule is CC(C)(NCC1CCC(=O)N1)C(C)(C)C(=O)O. The highest BCUT2D eigenvalue weighted by atomic mass is 16.4. The predicted molar refractivity (Wildman–Crippen MR) is 64.7 cm³/mol. The van der Waals surface area contributed by atoms with Crippen LogP contribution in [0.3, 0.4) is 0 Å². The van der Waals surface area contributed by atoms with Crippen LogP contribution >= 0.6 is 0 Å². The number of rotatable bonds is 5. The van der Waals surface area contributed by atoms with Crippen LogP contribution in [0.25, 0.3) is 0 Å². The molecule has 1 amide bonds. The van der Waals surface area contributed by atoms with E-state index in [0.29, 0.717) is 13.0 Å². The molecule has 0 saturated carbocycles. The van der Waals surface area contributed by atoms with E-state index in [9.17, 15) is 14.7 Å². The number of carbonyl (C=O) groups excluding carboxylic acids is 1. The molecular formula is C12H22N2O3. The van der Waals surface area contributed by atoms with Crippen LogP contribution in [0.1, 0.15) is 40.5 Å². The van der Waals surface area contributed by atoms with E-state index in [2.05, 4.69) is 10.6 Å². The third-order valence-electron chi connectivity index (χ3n) is 3.97. The maximum atomic E-state index is 11.2. The molecule has 98 valence electrons. The van der Waals surface area contributed by atoms with Crippen LogP contribution in [0.4, 0.5) is 0 Å². The second-order valence-electron chi connectivity index (χ2n) is 5.74. The van der Waals surface area contributed by atoms with Gasteiger partial charge in [-0.15, -0.1) is 0 Å². The first-order valence-electron chi connectivity index (χ1n) is 5.94. The van der Waals surface area contributed by atoms with Gasteiger partial charge in [0.2, 0.25) is 5.91 Å². The number of amides is 1. The molecule has 0 spiro atoms. The molecule has 1 heterocycles. The van der Waals surface area contributed by atoms with Crippen molar-refractivity contribution in [2.45, 2.75) is 52.1 Å². The molecule has 1 unspecified atom stereocenters. The summed E-state index contributed by atoms with van der Waals surface area (Å²) in [6.45, 7) is 7.76. The summed E-state index contributed by atoms with van der Waals surface area (Å²) in [4.78, 5) is 22.3. The summed E-state index contributed by atoms with van der Waals surface area (Å²) in [5.41, 5.74) is -1.40. The molecule has 1 fully saturated rings. The van der Waals surface area contributed by atoms with Gasteiger partial charge >= 0.3 is 5.97 Å². The lowest BCUT2D eigenvalue weighted by molar-refractivity contribution is -0.151. The Morgan fingerprint density at radius 3 is 2.47 bits per heavy atom. The lowest BCUT2D eigenvalue weighted by atomic mass is 9.74. The summed E-state index contributed by atoms with van der Waals surface area (Å²) in [6.07, 6.45) is 1.38. The highest BCUT2D eigenvalue weighted by Gasteiger charge is 2.43. The summed E-state index contributed by atoms with van der Waals surface area (Å²) >= 11 is 0. The van der Waals surface area contributed by atoms with Crippen LogP contribution in [0.2, 0.25) is 0 Å². The van der Waals surface area contributed by atoms with Gasteiger partial charge in [-0.25, -0.2) is 0 Å². The van der Waals surface area contributed by atoms with Crippen molar-refractivity contribution in [1.82, 2.24) is 10.6 Å². The maximum absolute atomic E-state index is 11.2. The Kier molecular flexibility index (Phi) is 3.81. The van der Waals surface area contributed by atoms with Gasteiger partial charge in [0.05, 0.1) is 5.41 Å². The Labute approximate surface area is 102 Å². The van der Waals surface area contributed by atoms with Crippen LogP contribution in [0.5, 0.6) is 0 Å². The summed E-state index contributed by atoms with van der Waals surface area (Å²) in [6, 6.07) is 0.117. The van der Waals surface area contributed by atoms with E-state index in [1.807, 2.05) is 13.8 Å². The molecule has 1 rings (SSSR count). The van der Waals surface area contributed by atoms with Gasteiger partial charge in [-0.1, -0.05) is 0 Å². The normalized spacial score (nSPS) is 21.4. The number of carboxylic acids is 1. The number of carbonyl (C=O) groups is 2. The van der Waals surface area contributed by atoms with E-state index in [4.69, 9.17) is 0 Å². The molecule has 0 aromatic carbocycles. The number of carboxylic acid groups (broad SMARTS) is 1. The standard InChI is InChI=1S/C12H22N2O3/c1-11(2,10(16)17)12(3,4)13-7-8-5-6-9(15)14-8/h8,13H,5-7H2,1-4H3,(H,14,15)(H,16,17). The molecule has 0 aliphatic carbocycles. The Bertz CT molecular complexity index is 324. The molecule has 3 N–H and O–H groups in total. The summed E-state index contributed by atoms with van der Waals surface area (Å²) in [5, 5.41) is 15.3. The Morgan fingerprint density at radius 1 is 1.47 bits per heavy atom. The zero-order valence-electron chi connectivity index (χ0n) is 11.0. The minimum absolute atomic E-state index is 0.0760. The largest absolute Gasteiger partial charge is 0.481 e. The highest BCUT2D eigenvalue weighted by molar-refractivity contribution is 5.78. The van der Waals surface area contributed by atoms with Crippen molar-refractivity contribution in [3.63, 3.8) is 0 Å². The van der Waals surface area contributed by atoms with Crippen molar-refractivity contribution in [3.8, 4) is 0 Å². The van der Waals surface area contributed by atoms with E-state index >= 15 is 0 Å². The predicted octanol–water partition coefficient (Wildman–Crippen LogP) is 0.744. The molecule has 17 heavy (non-hydrogen) atoms. The Balaban J connectivity index is 2.55. The van der Waals surface area contributed by atoms with Gasteiger partial charge < -0.3 is 15.7 Å². The number of hydrogen-bond acceptors (Lipinski definition) is 3. The van der Waals surface area contributed by atoms with Crippen LogP contribution in [-0.4, -0.2) is 35.1 Å². The van der Waals surface area contributed by atoms with Gasteiger partial charge in [0.1, 0.15) is 0 Å². The van der Waals surface area contributed by atoms with Gasteiger partial charge in [-0.3, -0.25) is 9.59 Å². The lowest BCUT2D eigenvalue weighted by Crippen LogP contribution is -2.57. The van der Waals surface area contributed by atoms with Crippen molar-refractivity contribution in [1.29, 1.82) is 0 Å². The Hall–Kier alpha value is -1.10. The first-order valence-corrected chi connectivity index (χ1v) is 5.94. The van der Waals surface area contributed by atoms with Gasteiger partial charge in [0, 0.05) is 24.5 Å². The molecule has 0 aromatic rings. The quantitative estimate of drug-likeness (QED) is 0.664. The second-order valence-corrected chi connectivity index (χ2v) is 5.74. The van der Waals surface area contributed by atoms with Crippen molar-refractivity contribution in [2.75, 3.05) is 6.54 Å². The van der Waals surface area contributed by atoms with Gasteiger partial charge in [-0.2, -0.15) is 0 Å². The van der Waals surface area contributed by atoms with Crippen LogP contribution in [0.15, 0.2) is 0 Å². The fourth-order valence-electron chi connectivity index (χ4n) is 1.70. The summed E-state index contributed by atoms with van der Waals surface area (Å²) in [5.74, 6) is -0.752. The number of hydrogen-bond donors (Lipinski definition) is 3. The molecule has 1 atom stereocenters. The van der Waals surface area contributed by atoms with E-state index in [0.717, 1.165) is 6.42 Å². The van der Waals surface area contributed by atoms with Gasteiger partial charge in [0.15, 0.2) is 0 Å². The number of aliphatic carboxylic acids is 1. The average molecular weight is 242 g/mol. The van der Waals surface area contributed by atoms with Crippen molar-refractivity contribution in [2.24, 2.45) is 5.41 Å². The van der Waals surface area contributed by atoms with Crippen molar-refractivity contribution in [3.05, 3.63) is 0 Å².